The van der Waals surface area contributed by atoms with Crippen LogP contribution in [0.25, 0.3) is 0 Å². The Kier molecular flexibility index (Phi) is 4.52. The van der Waals surface area contributed by atoms with Crippen molar-refractivity contribution in [1.29, 1.82) is 0 Å². The summed E-state index contributed by atoms with van der Waals surface area (Å²) in [5.74, 6) is -1.04. The second kappa shape index (κ2) is 6.15. The second-order valence-corrected chi connectivity index (χ2v) is 5.11. The van der Waals surface area contributed by atoms with E-state index in [2.05, 4.69) is 10.5 Å². The molecule has 1 saturated heterocycles. The lowest BCUT2D eigenvalue weighted by Crippen LogP contribution is -2.33. The number of ether oxygens (including phenoxy) is 2. The lowest BCUT2D eigenvalue weighted by Gasteiger charge is -2.20. The highest BCUT2D eigenvalue weighted by Gasteiger charge is 2.33. The molecule has 1 amide bonds. The van der Waals surface area contributed by atoms with E-state index < -0.39 is 5.79 Å². The van der Waals surface area contributed by atoms with Gasteiger partial charge in [-0.25, -0.2) is 5.43 Å². The molecule has 0 radical (unpaired) electrons. The lowest BCUT2D eigenvalue weighted by atomic mass is 10.1. The van der Waals surface area contributed by atoms with Gasteiger partial charge in [0, 0.05) is 0 Å². The average molecular weight is 276 g/mol. The zero-order valence-electron chi connectivity index (χ0n) is 12.1. The van der Waals surface area contributed by atoms with Crippen molar-refractivity contribution in [3.05, 3.63) is 35.4 Å². The van der Waals surface area contributed by atoms with E-state index in [1.165, 1.54) is 5.56 Å². The summed E-state index contributed by atoms with van der Waals surface area (Å²) >= 11 is 0. The molecule has 0 aliphatic carbocycles. The van der Waals surface area contributed by atoms with Gasteiger partial charge in [-0.2, -0.15) is 5.10 Å². The monoisotopic (exact) mass is 276 g/mol. The first-order chi connectivity index (χ1) is 9.48. The molecule has 0 spiro atoms. The zero-order valence-corrected chi connectivity index (χ0v) is 12.1. The number of nitrogens with one attached hydrogen (secondary N) is 1. The van der Waals surface area contributed by atoms with Crippen molar-refractivity contribution < 1.29 is 14.3 Å². The fraction of sp³-hybridized carbons (Fsp3) is 0.467. The first-order valence-electron chi connectivity index (χ1n) is 6.67. The number of amides is 1. The minimum Gasteiger partial charge on any atom is -0.347 e. The Morgan fingerprint density at radius 2 is 1.90 bits per heavy atom. The normalized spacial score (nSPS) is 18.1. The van der Waals surface area contributed by atoms with Crippen LogP contribution in [0.1, 0.15) is 31.4 Å². The quantitative estimate of drug-likeness (QED) is 0.676. The largest absolute Gasteiger partial charge is 0.347 e. The summed E-state index contributed by atoms with van der Waals surface area (Å²) in [7, 11) is 0. The van der Waals surface area contributed by atoms with Gasteiger partial charge in [0.15, 0.2) is 5.79 Å². The fourth-order valence-corrected chi connectivity index (χ4v) is 2.00. The van der Waals surface area contributed by atoms with Crippen LogP contribution in [0.4, 0.5) is 0 Å². The van der Waals surface area contributed by atoms with Crippen LogP contribution in [0.5, 0.6) is 0 Å². The first-order valence-corrected chi connectivity index (χ1v) is 6.67. The van der Waals surface area contributed by atoms with Crippen molar-refractivity contribution >= 4 is 11.6 Å². The van der Waals surface area contributed by atoms with Gasteiger partial charge in [-0.05, 0) is 26.3 Å². The summed E-state index contributed by atoms with van der Waals surface area (Å²) in [5.41, 5.74) is 5.47. The topological polar surface area (TPSA) is 59.9 Å². The van der Waals surface area contributed by atoms with E-state index in [1.807, 2.05) is 38.1 Å². The Balaban J connectivity index is 1.91. The Bertz CT molecular complexity index is 502. The number of hydrogen-bond donors (Lipinski definition) is 1. The van der Waals surface area contributed by atoms with Crippen LogP contribution in [0.15, 0.2) is 29.4 Å². The fourth-order valence-electron chi connectivity index (χ4n) is 2.00. The summed E-state index contributed by atoms with van der Waals surface area (Å²) in [6, 6.07) is 7.98. The maximum atomic E-state index is 11.8. The van der Waals surface area contributed by atoms with Crippen molar-refractivity contribution in [2.24, 2.45) is 5.10 Å². The molecule has 1 aliphatic heterocycles. The highest BCUT2D eigenvalue weighted by Crippen LogP contribution is 2.22. The van der Waals surface area contributed by atoms with E-state index in [9.17, 15) is 4.79 Å². The van der Waals surface area contributed by atoms with Gasteiger partial charge in [-0.15, -0.1) is 0 Å². The maximum Gasteiger partial charge on any atom is 0.245 e. The number of carbonyl (C=O) groups excluding carboxylic acids is 1. The summed E-state index contributed by atoms with van der Waals surface area (Å²) in [5, 5.41) is 4.10. The molecule has 20 heavy (non-hydrogen) atoms. The zero-order chi connectivity index (χ0) is 14.6. The van der Waals surface area contributed by atoms with Gasteiger partial charge in [0.1, 0.15) is 0 Å². The molecular weight excluding hydrogens is 256 g/mol. The lowest BCUT2D eigenvalue weighted by molar-refractivity contribution is -0.159. The molecule has 1 fully saturated rings. The number of hydrazone groups is 1. The maximum absolute atomic E-state index is 11.8. The van der Waals surface area contributed by atoms with Crippen molar-refractivity contribution in [1.82, 2.24) is 5.43 Å². The molecule has 0 aromatic heterocycles. The molecule has 0 bridgehead atoms. The summed E-state index contributed by atoms with van der Waals surface area (Å²) < 4.78 is 10.8. The molecule has 1 aromatic carbocycles. The number of rotatable bonds is 4. The van der Waals surface area contributed by atoms with Crippen LogP contribution in [0, 0.1) is 6.92 Å². The molecule has 108 valence electrons. The average Bonchev–Trinajstić information content (AvgIpc) is 2.83. The van der Waals surface area contributed by atoms with Crippen LogP contribution in [0.3, 0.4) is 0 Å². The van der Waals surface area contributed by atoms with E-state index >= 15 is 0 Å². The number of aryl methyl sites for hydroxylation is 1. The molecule has 0 saturated carbocycles. The van der Waals surface area contributed by atoms with Crippen LogP contribution < -0.4 is 5.43 Å². The van der Waals surface area contributed by atoms with Gasteiger partial charge in [-0.1, -0.05) is 29.8 Å². The van der Waals surface area contributed by atoms with Crippen molar-refractivity contribution in [3.63, 3.8) is 0 Å². The Hall–Kier alpha value is -1.72. The minimum atomic E-state index is -0.822. The molecule has 1 N–H and O–H groups in total. The molecule has 0 atom stereocenters. The van der Waals surface area contributed by atoms with Crippen molar-refractivity contribution in [2.75, 3.05) is 13.2 Å². The van der Waals surface area contributed by atoms with E-state index in [0.717, 1.165) is 11.3 Å². The van der Waals surface area contributed by atoms with Gasteiger partial charge in [0.05, 0.1) is 25.3 Å². The van der Waals surface area contributed by atoms with E-state index in [1.54, 1.807) is 6.92 Å². The summed E-state index contributed by atoms with van der Waals surface area (Å²) in [6.07, 6.45) is 0.137. The Morgan fingerprint density at radius 1 is 1.30 bits per heavy atom. The molecule has 5 nitrogen and oxygen atoms in total. The number of carbonyl (C=O) groups is 1. The highest BCUT2D eigenvalue weighted by molar-refractivity contribution is 5.99. The minimum absolute atomic E-state index is 0.137. The number of hydrogen-bond acceptors (Lipinski definition) is 4. The standard InChI is InChI=1S/C15H20N2O3/c1-11-4-6-13(7-5-11)12(2)16-17-14(18)10-15(3)19-8-9-20-15/h4-7H,8-10H2,1-3H3,(H,17,18). The smallest absolute Gasteiger partial charge is 0.245 e. The van der Waals surface area contributed by atoms with Crippen molar-refractivity contribution in [3.8, 4) is 0 Å². The molecule has 0 unspecified atom stereocenters. The third-order valence-corrected chi connectivity index (χ3v) is 3.20. The van der Waals surface area contributed by atoms with E-state index in [-0.39, 0.29) is 12.3 Å². The molecule has 1 aliphatic rings. The Morgan fingerprint density at radius 3 is 2.50 bits per heavy atom. The predicted octanol–water partition coefficient (Wildman–Crippen LogP) is 1.99. The van der Waals surface area contributed by atoms with Gasteiger partial charge in [0.2, 0.25) is 5.91 Å². The molecule has 1 heterocycles. The second-order valence-electron chi connectivity index (χ2n) is 5.11. The van der Waals surface area contributed by atoms with Crippen LogP contribution in [-0.4, -0.2) is 30.6 Å². The third kappa shape index (κ3) is 3.88. The predicted molar refractivity (Wildman–Crippen MR) is 76.5 cm³/mol. The van der Waals surface area contributed by atoms with E-state index in [4.69, 9.17) is 9.47 Å². The third-order valence-electron chi connectivity index (χ3n) is 3.20. The first kappa shape index (κ1) is 14.7. The molecule has 5 heteroatoms. The van der Waals surface area contributed by atoms with Crippen molar-refractivity contribution in [2.45, 2.75) is 33.0 Å². The number of benzene rings is 1. The molecule has 1 aromatic rings. The highest BCUT2D eigenvalue weighted by atomic mass is 16.7. The van der Waals surface area contributed by atoms with Gasteiger partial charge < -0.3 is 9.47 Å². The van der Waals surface area contributed by atoms with E-state index in [0.29, 0.717) is 13.2 Å². The summed E-state index contributed by atoms with van der Waals surface area (Å²) in [4.78, 5) is 11.8. The van der Waals surface area contributed by atoms with Crippen LogP contribution in [0.2, 0.25) is 0 Å². The van der Waals surface area contributed by atoms with Gasteiger partial charge in [0.25, 0.3) is 0 Å². The Labute approximate surface area is 119 Å². The van der Waals surface area contributed by atoms with Crippen LogP contribution >= 0.6 is 0 Å². The molecule has 2 rings (SSSR count). The van der Waals surface area contributed by atoms with Gasteiger partial charge in [-0.3, -0.25) is 4.79 Å². The summed E-state index contributed by atoms with van der Waals surface area (Å²) in [6.45, 7) is 6.69. The molecular formula is C15H20N2O3. The van der Waals surface area contributed by atoms with Gasteiger partial charge >= 0.3 is 0 Å². The van der Waals surface area contributed by atoms with Crippen LogP contribution in [-0.2, 0) is 14.3 Å². The SMILES string of the molecule is CC(=NNC(=O)CC1(C)OCCO1)c1ccc(C)cc1. The number of nitrogens with zero attached hydrogens (tertiary/aromatic N) is 1.